The van der Waals surface area contributed by atoms with Crippen LogP contribution in [0.3, 0.4) is 0 Å². The molecule has 0 aliphatic carbocycles. The van der Waals surface area contributed by atoms with E-state index in [0.717, 1.165) is 12.1 Å². The van der Waals surface area contributed by atoms with Gasteiger partial charge in [0.05, 0.1) is 0 Å². The number of carboxylic acid groups (broad SMARTS) is 1. The first-order valence-corrected chi connectivity index (χ1v) is 4.76. The molecule has 0 saturated heterocycles. The Hall–Kier alpha value is -1.00. The molecule has 0 spiro atoms. The molecule has 0 heterocycles. The van der Waals surface area contributed by atoms with Crippen molar-refractivity contribution in [3.63, 3.8) is 0 Å². The summed E-state index contributed by atoms with van der Waals surface area (Å²) < 4.78 is 33.0. The topological polar surface area (TPSA) is 101 Å². The van der Waals surface area contributed by atoms with E-state index < -0.39 is 22.1 Å². The van der Waals surface area contributed by atoms with Crippen LogP contribution >= 0.6 is 0 Å². The van der Waals surface area contributed by atoms with Crippen molar-refractivity contribution in [1.29, 1.82) is 0 Å². The Balaban J connectivity index is 0. The molecule has 0 saturated carbocycles. The van der Waals surface area contributed by atoms with E-state index in [9.17, 15) is 13.2 Å². The van der Waals surface area contributed by atoms with Gasteiger partial charge in [0.2, 0.25) is 0 Å². The Bertz CT molecular complexity index is 460. The Kier molecular flexibility index (Phi) is 4.84. The molecule has 0 unspecified atom stereocenters. The first-order valence-electron chi connectivity index (χ1n) is 3.39. The minimum absolute atomic E-state index is 0. The van der Waals surface area contributed by atoms with Crippen molar-refractivity contribution in [2.24, 2.45) is 0 Å². The number of benzene rings is 1. The summed E-state index contributed by atoms with van der Waals surface area (Å²) in [5.41, 5.74) is -0.342. The first-order chi connectivity index (χ1) is 6.40. The van der Waals surface area contributed by atoms with Crippen LogP contribution in [0.1, 0.15) is 11.8 Å². The molecule has 2 N–H and O–H groups in total. The molecule has 0 aromatic heterocycles. The predicted octanol–water partition coefficient (Wildman–Crippen LogP) is -2.32. The fourth-order valence-electron chi connectivity index (χ4n) is 0.829. The van der Waals surface area contributed by atoms with Crippen LogP contribution in [0.4, 0.5) is 0 Å². The van der Waals surface area contributed by atoms with Crippen LogP contribution < -0.4 is 23.0 Å². The van der Waals surface area contributed by atoms with Crippen LogP contribution in [0.2, 0.25) is 0 Å². The van der Waals surface area contributed by atoms with E-state index in [0.29, 0.717) is 0 Å². The number of carbonyl (C=O) groups is 1. The molecule has 1 rings (SSSR count). The molecule has 15 heavy (non-hydrogen) atoms. The standard InChI is InChI=1S/C7H6O6S.Li.H/c8-7(9)5-3-1-2-4-6(5)13-14(10,11)12;;/h1-4H,(H,8,9)(H,10,11,12);;/q;+1;-1. The minimum Gasteiger partial charge on any atom is -1.00 e. The zero-order valence-electron chi connectivity index (χ0n) is 8.75. The second kappa shape index (κ2) is 5.18. The maximum Gasteiger partial charge on any atom is 1.00 e. The summed E-state index contributed by atoms with van der Waals surface area (Å²) in [7, 11) is -4.70. The number of para-hydroxylation sites is 1. The summed E-state index contributed by atoms with van der Waals surface area (Å²) in [5, 5.41) is 8.61. The van der Waals surface area contributed by atoms with Crippen LogP contribution in [0.5, 0.6) is 5.75 Å². The zero-order chi connectivity index (χ0) is 10.8. The van der Waals surface area contributed by atoms with Gasteiger partial charge in [-0.2, -0.15) is 8.42 Å². The van der Waals surface area contributed by atoms with E-state index >= 15 is 0 Å². The van der Waals surface area contributed by atoms with E-state index in [4.69, 9.17) is 9.66 Å². The molecular formula is C7H7LiO6S. The first kappa shape index (κ1) is 14.0. The molecule has 0 fully saturated rings. The second-order valence-corrected chi connectivity index (χ2v) is 3.33. The summed E-state index contributed by atoms with van der Waals surface area (Å²) in [6.45, 7) is 0. The van der Waals surface area contributed by atoms with Crippen molar-refractivity contribution in [1.82, 2.24) is 0 Å². The number of hydrogen-bond acceptors (Lipinski definition) is 4. The van der Waals surface area contributed by atoms with Crippen LogP contribution in [-0.4, -0.2) is 24.0 Å². The van der Waals surface area contributed by atoms with E-state index in [2.05, 4.69) is 4.18 Å². The van der Waals surface area contributed by atoms with Crippen molar-refractivity contribution < 1.29 is 47.3 Å². The summed E-state index contributed by atoms with van der Waals surface area (Å²) in [5.74, 6) is -1.77. The molecule has 0 aliphatic rings. The zero-order valence-corrected chi connectivity index (χ0v) is 8.56. The summed E-state index contributed by atoms with van der Waals surface area (Å²) in [6, 6.07) is 5.06. The van der Waals surface area contributed by atoms with Gasteiger partial charge in [-0.15, -0.1) is 0 Å². The Morgan fingerprint density at radius 2 is 1.87 bits per heavy atom. The van der Waals surface area contributed by atoms with Gasteiger partial charge in [-0.1, -0.05) is 12.1 Å². The quantitative estimate of drug-likeness (QED) is 0.443. The SMILES string of the molecule is O=C(O)c1ccccc1OS(=O)(=O)O.[H-].[Li+]. The van der Waals surface area contributed by atoms with E-state index in [1.807, 2.05) is 0 Å². The van der Waals surface area contributed by atoms with Crippen molar-refractivity contribution in [2.45, 2.75) is 0 Å². The summed E-state index contributed by atoms with van der Waals surface area (Å²) in [4.78, 5) is 10.6. The molecule has 1 aromatic carbocycles. The molecule has 0 radical (unpaired) electrons. The predicted molar refractivity (Wildman–Crippen MR) is 46.7 cm³/mol. The van der Waals surface area contributed by atoms with Crippen LogP contribution in [-0.2, 0) is 10.4 Å². The van der Waals surface area contributed by atoms with Crippen molar-refractivity contribution in [3.8, 4) is 5.75 Å². The number of carboxylic acids is 1. The fraction of sp³-hybridized carbons (Fsp3) is 0. The van der Waals surface area contributed by atoms with E-state index in [1.54, 1.807) is 0 Å². The average Bonchev–Trinajstić information content (AvgIpc) is 2.01. The minimum atomic E-state index is -4.70. The molecule has 6 nitrogen and oxygen atoms in total. The normalized spacial score (nSPS) is 10.2. The van der Waals surface area contributed by atoms with Gasteiger partial charge in [0, 0.05) is 0 Å². The third kappa shape index (κ3) is 4.36. The van der Waals surface area contributed by atoms with Gasteiger partial charge in [-0.25, -0.2) is 4.79 Å². The van der Waals surface area contributed by atoms with Crippen LogP contribution in [0.25, 0.3) is 0 Å². The van der Waals surface area contributed by atoms with Gasteiger partial charge in [-0.05, 0) is 12.1 Å². The molecule has 8 heteroatoms. The molecule has 1 aromatic rings. The Labute approximate surface area is 99.5 Å². The van der Waals surface area contributed by atoms with Crippen molar-refractivity contribution >= 4 is 16.4 Å². The molecule has 0 atom stereocenters. The largest absolute Gasteiger partial charge is 1.00 e. The average molecular weight is 226 g/mol. The monoisotopic (exact) mass is 226 g/mol. The van der Waals surface area contributed by atoms with Gasteiger partial charge in [-0.3, -0.25) is 4.55 Å². The Morgan fingerprint density at radius 3 is 2.33 bits per heavy atom. The smallest absolute Gasteiger partial charge is 1.00 e. The van der Waals surface area contributed by atoms with Crippen LogP contribution in [0, 0.1) is 0 Å². The van der Waals surface area contributed by atoms with Gasteiger partial charge in [0.15, 0.2) is 5.75 Å². The van der Waals surface area contributed by atoms with Gasteiger partial charge in [0.1, 0.15) is 5.56 Å². The number of rotatable bonds is 3. The van der Waals surface area contributed by atoms with E-state index in [1.165, 1.54) is 12.1 Å². The van der Waals surface area contributed by atoms with E-state index in [-0.39, 0.29) is 25.9 Å². The second-order valence-electron chi connectivity index (χ2n) is 2.31. The maximum absolute atomic E-state index is 10.6. The van der Waals surface area contributed by atoms with Crippen LogP contribution in [0.15, 0.2) is 24.3 Å². The molecule has 78 valence electrons. The summed E-state index contributed by atoms with van der Waals surface area (Å²) >= 11 is 0. The van der Waals surface area contributed by atoms with Gasteiger partial charge < -0.3 is 10.7 Å². The summed E-state index contributed by atoms with van der Waals surface area (Å²) in [6.07, 6.45) is 0. The third-order valence-corrected chi connectivity index (χ3v) is 1.70. The van der Waals surface area contributed by atoms with Gasteiger partial charge in [0.25, 0.3) is 0 Å². The number of hydrogen-bond donors (Lipinski definition) is 2. The van der Waals surface area contributed by atoms with Crippen molar-refractivity contribution in [2.75, 3.05) is 0 Å². The third-order valence-electron chi connectivity index (χ3n) is 1.31. The molecule has 0 bridgehead atoms. The molecular weight excluding hydrogens is 219 g/mol. The molecule has 0 aliphatic heterocycles. The maximum atomic E-state index is 10.6. The fourth-order valence-corrected chi connectivity index (χ4v) is 1.20. The van der Waals surface area contributed by atoms with Crippen molar-refractivity contribution in [3.05, 3.63) is 29.8 Å². The Morgan fingerprint density at radius 1 is 1.33 bits per heavy atom. The number of aromatic carboxylic acids is 1. The molecule has 0 amide bonds. The van der Waals surface area contributed by atoms with Gasteiger partial charge >= 0.3 is 35.2 Å².